The van der Waals surface area contributed by atoms with E-state index < -0.39 is 14.5 Å². The maximum Gasteiger partial charge on any atom is 0.265 e. The zero-order chi connectivity index (χ0) is 17.9. The summed E-state index contributed by atoms with van der Waals surface area (Å²) in [7, 11) is 0.273. The number of methoxy groups -OCH3 is 1. The lowest BCUT2D eigenvalue weighted by Gasteiger charge is -2.17. The molecule has 2 aromatic heterocycles. The molecular formula is C16H23ClF2N2O2Si. The molecule has 0 fully saturated rings. The maximum atomic E-state index is 13.3. The Bertz CT molecular complexity index is 701. The Balaban J connectivity index is 2.38. The second-order valence-electron chi connectivity index (χ2n) is 6.83. The Morgan fingerprint density at radius 1 is 1.33 bits per heavy atom. The van der Waals surface area contributed by atoms with Crippen LogP contribution in [-0.4, -0.2) is 31.3 Å². The van der Waals surface area contributed by atoms with Crippen molar-refractivity contribution in [2.75, 3.05) is 13.7 Å². The molecule has 4 nitrogen and oxygen atoms in total. The van der Waals surface area contributed by atoms with Crippen molar-refractivity contribution in [1.82, 2.24) is 9.55 Å². The summed E-state index contributed by atoms with van der Waals surface area (Å²) in [5, 5.41) is 0.404. The summed E-state index contributed by atoms with van der Waals surface area (Å²) in [5.74, 6) is 0.484. The van der Waals surface area contributed by atoms with E-state index in [9.17, 15) is 8.78 Å². The minimum absolute atomic E-state index is 0.127. The average molecular weight is 377 g/mol. The molecular weight excluding hydrogens is 354 g/mol. The summed E-state index contributed by atoms with van der Waals surface area (Å²) in [4.78, 5) is 4.01. The van der Waals surface area contributed by atoms with Gasteiger partial charge in [-0.2, -0.15) is 0 Å². The molecule has 0 radical (unpaired) electrons. The number of rotatable bonds is 8. The van der Waals surface area contributed by atoms with Crippen molar-refractivity contribution in [1.29, 1.82) is 0 Å². The lowest BCUT2D eigenvalue weighted by Crippen LogP contribution is -2.22. The molecule has 2 heterocycles. The quantitative estimate of drug-likeness (QED) is 0.368. The van der Waals surface area contributed by atoms with Crippen LogP contribution in [0.4, 0.5) is 8.78 Å². The van der Waals surface area contributed by atoms with Gasteiger partial charge in [-0.1, -0.05) is 19.6 Å². The van der Waals surface area contributed by atoms with Crippen molar-refractivity contribution in [3.8, 4) is 5.88 Å². The summed E-state index contributed by atoms with van der Waals surface area (Å²) in [6.45, 7) is 7.68. The minimum Gasteiger partial charge on any atom is -0.479 e. The zero-order valence-electron chi connectivity index (χ0n) is 14.4. The molecule has 2 aromatic rings. The van der Waals surface area contributed by atoms with E-state index in [1.807, 2.05) is 0 Å². The Labute approximate surface area is 146 Å². The average Bonchev–Trinajstić information content (AvgIpc) is 2.88. The highest BCUT2D eigenvalue weighted by atomic mass is 35.5. The number of aromatic nitrogens is 2. The molecule has 0 unspecified atom stereocenters. The molecule has 0 aliphatic carbocycles. The van der Waals surface area contributed by atoms with Crippen LogP contribution in [0.5, 0.6) is 5.88 Å². The van der Waals surface area contributed by atoms with Crippen LogP contribution < -0.4 is 4.74 Å². The van der Waals surface area contributed by atoms with Crippen LogP contribution in [-0.2, 0) is 17.3 Å². The molecule has 2 rings (SSSR count). The number of fused-ring (bicyclic) bond motifs is 1. The van der Waals surface area contributed by atoms with E-state index in [1.165, 1.54) is 7.11 Å². The van der Waals surface area contributed by atoms with E-state index in [1.54, 1.807) is 10.6 Å². The maximum absolute atomic E-state index is 13.3. The van der Waals surface area contributed by atoms with Gasteiger partial charge in [0.15, 0.2) is 0 Å². The summed E-state index contributed by atoms with van der Waals surface area (Å²) in [6.07, 6.45) is -1.46. The van der Waals surface area contributed by atoms with Crippen LogP contribution in [0.2, 0.25) is 25.7 Å². The number of hydrogen-bond acceptors (Lipinski definition) is 3. The lowest BCUT2D eigenvalue weighted by molar-refractivity contribution is 0.0885. The molecule has 0 aliphatic rings. The van der Waals surface area contributed by atoms with E-state index in [0.717, 1.165) is 12.2 Å². The first-order chi connectivity index (χ1) is 11.3. The van der Waals surface area contributed by atoms with Gasteiger partial charge in [0.1, 0.15) is 12.2 Å². The lowest BCUT2D eigenvalue weighted by atomic mass is 10.2. The van der Waals surface area contributed by atoms with Gasteiger partial charge in [0.25, 0.3) is 6.43 Å². The van der Waals surface area contributed by atoms with Gasteiger partial charge >= 0.3 is 0 Å². The van der Waals surface area contributed by atoms with E-state index in [-0.39, 0.29) is 18.2 Å². The van der Waals surface area contributed by atoms with Crippen LogP contribution in [0.1, 0.15) is 17.7 Å². The molecule has 0 N–H and O–H groups in total. The van der Waals surface area contributed by atoms with Gasteiger partial charge in [0.05, 0.1) is 13.0 Å². The number of hydrogen-bond donors (Lipinski definition) is 0. The van der Waals surface area contributed by atoms with Crippen molar-refractivity contribution in [3.63, 3.8) is 0 Å². The van der Waals surface area contributed by atoms with Gasteiger partial charge in [-0.3, -0.25) is 0 Å². The first-order valence-electron chi connectivity index (χ1n) is 7.75. The molecule has 0 saturated heterocycles. The molecule has 0 spiro atoms. The standard InChI is InChI=1S/C16H23ClF2N2O2Si/c1-22-16-14-12(13(9-20-16)15(18)19)7-11(8-17)21(14)10-23-5-6-24(2,3)4/h7,9,15H,5-6,8,10H2,1-4H3. The van der Waals surface area contributed by atoms with Crippen molar-refractivity contribution in [3.05, 3.63) is 23.5 Å². The molecule has 134 valence electrons. The smallest absolute Gasteiger partial charge is 0.265 e. The molecule has 0 aromatic carbocycles. The van der Waals surface area contributed by atoms with Gasteiger partial charge in [0, 0.05) is 37.5 Å². The SMILES string of the molecule is COc1ncc(C(F)F)c2cc(CCl)n(COCC[Si](C)(C)C)c12. The van der Waals surface area contributed by atoms with Crippen LogP contribution in [0.25, 0.3) is 10.9 Å². The largest absolute Gasteiger partial charge is 0.479 e. The fraction of sp³-hybridized carbons (Fsp3) is 0.562. The van der Waals surface area contributed by atoms with Crippen molar-refractivity contribution < 1.29 is 18.3 Å². The molecule has 0 aliphatic heterocycles. The summed E-state index contributed by atoms with van der Waals surface area (Å²) in [6, 6.07) is 2.69. The van der Waals surface area contributed by atoms with Crippen LogP contribution >= 0.6 is 11.6 Å². The molecule has 0 atom stereocenters. The predicted octanol–water partition coefficient (Wildman–Crippen LogP) is 5.03. The molecule has 0 amide bonds. The normalized spacial score (nSPS) is 12.3. The highest BCUT2D eigenvalue weighted by Gasteiger charge is 2.21. The first-order valence-corrected chi connectivity index (χ1v) is 12.0. The molecule has 0 saturated carbocycles. The number of halogens is 3. The number of alkyl halides is 3. The Kier molecular flexibility index (Phi) is 6.22. The minimum atomic E-state index is -2.61. The van der Waals surface area contributed by atoms with E-state index in [4.69, 9.17) is 21.1 Å². The van der Waals surface area contributed by atoms with E-state index in [0.29, 0.717) is 29.1 Å². The highest BCUT2D eigenvalue weighted by Crippen LogP contribution is 2.34. The monoisotopic (exact) mass is 376 g/mol. The molecule has 8 heteroatoms. The number of ether oxygens (including phenoxy) is 2. The Hall–Kier alpha value is -1.18. The third-order valence-electron chi connectivity index (χ3n) is 3.80. The van der Waals surface area contributed by atoms with Crippen LogP contribution in [0.3, 0.4) is 0 Å². The topological polar surface area (TPSA) is 36.3 Å². The summed E-state index contributed by atoms with van der Waals surface area (Å²) in [5.41, 5.74) is 1.07. The molecule has 0 bridgehead atoms. The fourth-order valence-electron chi connectivity index (χ4n) is 2.43. The van der Waals surface area contributed by atoms with Crippen molar-refractivity contribution in [2.24, 2.45) is 0 Å². The first kappa shape index (κ1) is 19.1. The predicted molar refractivity (Wildman–Crippen MR) is 94.9 cm³/mol. The van der Waals surface area contributed by atoms with Gasteiger partial charge in [0.2, 0.25) is 5.88 Å². The second-order valence-corrected chi connectivity index (χ2v) is 12.7. The third-order valence-corrected chi connectivity index (χ3v) is 5.78. The zero-order valence-corrected chi connectivity index (χ0v) is 16.2. The van der Waals surface area contributed by atoms with Gasteiger partial charge in [-0.05, 0) is 12.1 Å². The van der Waals surface area contributed by atoms with E-state index in [2.05, 4.69) is 24.6 Å². The van der Waals surface area contributed by atoms with Gasteiger partial charge < -0.3 is 14.0 Å². The Morgan fingerprint density at radius 2 is 2.04 bits per heavy atom. The Morgan fingerprint density at radius 3 is 2.58 bits per heavy atom. The van der Waals surface area contributed by atoms with Crippen LogP contribution in [0, 0.1) is 0 Å². The third kappa shape index (κ3) is 4.26. The number of pyridine rings is 1. The highest BCUT2D eigenvalue weighted by molar-refractivity contribution is 6.76. The van der Waals surface area contributed by atoms with Gasteiger partial charge in [-0.15, -0.1) is 11.6 Å². The van der Waals surface area contributed by atoms with Crippen molar-refractivity contribution >= 4 is 30.6 Å². The second kappa shape index (κ2) is 7.80. The number of nitrogens with zero attached hydrogens (tertiary/aromatic N) is 2. The summed E-state index contributed by atoms with van der Waals surface area (Å²) < 4.78 is 39.3. The van der Waals surface area contributed by atoms with Crippen LogP contribution in [0.15, 0.2) is 12.3 Å². The van der Waals surface area contributed by atoms with Gasteiger partial charge in [-0.25, -0.2) is 13.8 Å². The van der Waals surface area contributed by atoms with Crippen molar-refractivity contribution in [2.45, 2.75) is 44.7 Å². The van der Waals surface area contributed by atoms with E-state index >= 15 is 0 Å². The molecule has 24 heavy (non-hydrogen) atoms. The fourth-order valence-corrected chi connectivity index (χ4v) is 3.41. The summed E-state index contributed by atoms with van der Waals surface area (Å²) >= 11 is 6.00.